The molecule has 0 amide bonds. The van der Waals surface area contributed by atoms with Gasteiger partial charge in [-0.3, -0.25) is 15.6 Å². The fourth-order valence-corrected chi connectivity index (χ4v) is 1.81. The van der Waals surface area contributed by atoms with Crippen molar-refractivity contribution in [3.05, 3.63) is 36.9 Å². The van der Waals surface area contributed by atoms with E-state index >= 15 is 0 Å². The summed E-state index contributed by atoms with van der Waals surface area (Å²) >= 11 is 0. The van der Waals surface area contributed by atoms with Crippen LogP contribution in [0.1, 0.15) is 19.5 Å². The summed E-state index contributed by atoms with van der Waals surface area (Å²) in [4.78, 5) is 1.97. The van der Waals surface area contributed by atoms with Crippen LogP contribution in [0.4, 0.5) is 0 Å². The Labute approximate surface area is 95.8 Å². The van der Waals surface area contributed by atoms with E-state index in [-0.39, 0.29) is 6.17 Å². The zero-order valence-electron chi connectivity index (χ0n) is 9.61. The van der Waals surface area contributed by atoms with Crippen molar-refractivity contribution in [3.63, 3.8) is 0 Å². The van der Waals surface area contributed by atoms with Gasteiger partial charge in [0.25, 0.3) is 0 Å². The molecule has 2 N–H and O–H groups in total. The molecule has 1 aliphatic heterocycles. The van der Waals surface area contributed by atoms with Gasteiger partial charge in [0.05, 0.1) is 0 Å². The summed E-state index contributed by atoms with van der Waals surface area (Å²) in [6, 6.07) is 6.02. The fraction of sp³-hybridized carbons (Fsp3) is 0.364. The summed E-state index contributed by atoms with van der Waals surface area (Å²) in [5.74, 6) is 0. The topological polar surface area (TPSA) is 48.7 Å². The zero-order valence-corrected chi connectivity index (χ0v) is 9.61. The standard InChI is InChI=1S/C11H17N5/c1-3-10(15-7-5-4-6-8-15)16-9-13-14(2)11(16)12/h4-10H,3,12H2,1-2H3/q+1. The zero-order chi connectivity index (χ0) is 11.5. The van der Waals surface area contributed by atoms with Gasteiger partial charge in [0.2, 0.25) is 12.5 Å². The molecule has 1 aliphatic rings. The van der Waals surface area contributed by atoms with Gasteiger partial charge in [-0.05, 0) is 0 Å². The van der Waals surface area contributed by atoms with E-state index in [0.29, 0.717) is 6.29 Å². The molecule has 0 spiro atoms. The van der Waals surface area contributed by atoms with Gasteiger partial charge in [-0.2, -0.15) is 9.67 Å². The van der Waals surface area contributed by atoms with E-state index in [1.807, 2.05) is 42.5 Å². The number of hydrogen-bond donors (Lipinski definition) is 1. The highest BCUT2D eigenvalue weighted by atomic mass is 15.6. The molecule has 5 nitrogen and oxygen atoms in total. The second kappa shape index (κ2) is 4.49. The van der Waals surface area contributed by atoms with Gasteiger partial charge >= 0.3 is 0 Å². The van der Waals surface area contributed by atoms with Gasteiger partial charge in [-0.15, -0.1) is 0 Å². The van der Waals surface area contributed by atoms with E-state index in [0.717, 1.165) is 6.42 Å². The third kappa shape index (κ3) is 1.86. The largest absolute Gasteiger partial charge is 0.285 e. The van der Waals surface area contributed by atoms with E-state index < -0.39 is 0 Å². The van der Waals surface area contributed by atoms with Crippen molar-refractivity contribution >= 4 is 6.34 Å². The highest BCUT2D eigenvalue weighted by Crippen LogP contribution is 2.20. The predicted molar refractivity (Wildman–Crippen MR) is 61.5 cm³/mol. The number of hydrazone groups is 1. The molecule has 0 aromatic carbocycles. The molecule has 0 bridgehead atoms. The quantitative estimate of drug-likeness (QED) is 0.752. The van der Waals surface area contributed by atoms with E-state index in [4.69, 9.17) is 5.73 Å². The van der Waals surface area contributed by atoms with E-state index in [1.54, 1.807) is 11.3 Å². The minimum atomic E-state index is 0.176. The van der Waals surface area contributed by atoms with Gasteiger partial charge in [0.15, 0.2) is 12.4 Å². The third-order valence-electron chi connectivity index (χ3n) is 2.71. The lowest BCUT2D eigenvalue weighted by Gasteiger charge is -2.26. The second-order valence-electron chi connectivity index (χ2n) is 3.73. The van der Waals surface area contributed by atoms with Crippen LogP contribution >= 0.6 is 0 Å². The summed E-state index contributed by atoms with van der Waals surface area (Å²) < 4.78 is 2.12. The Morgan fingerprint density at radius 1 is 1.38 bits per heavy atom. The molecule has 0 fully saturated rings. The Morgan fingerprint density at radius 3 is 2.56 bits per heavy atom. The van der Waals surface area contributed by atoms with Crippen LogP contribution in [0.5, 0.6) is 0 Å². The highest BCUT2D eigenvalue weighted by Gasteiger charge is 2.33. The first-order valence-corrected chi connectivity index (χ1v) is 5.38. The van der Waals surface area contributed by atoms with E-state index in [2.05, 4.69) is 16.6 Å². The molecule has 1 radical (unpaired) electrons. The van der Waals surface area contributed by atoms with Crippen molar-refractivity contribution < 1.29 is 4.57 Å². The molecular weight excluding hydrogens is 202 g/mol. The molecule has 2 heterocycles. The second-order valence-corrected chi connectivity index (χ2v) is 3.73. The lowest BCUT2D eigenvalue weighted by molar-refractivity contribution is -0.739. The lowest BCUT2D eigenvalue weighted by Crippen LogP contribution is -2.51. The minimum Gasteiger partial charge on any atom is -0.285 e. The Morgan fingerprint density at radius 2 is 2.06 bits per heavy atom. The van der Waals surface area contributed by atoms with Gasteiger partial charge < -0.3 is 0 Å². The molecule has 16 heavy (non-hydrogen) atoms. The highest BCUT2D eigenvalue weighted by molar-refractivity contribution is 5.58. The normalized spacial score (nSPS) is 18.2. The van der Waals surface area contributed by atoms with Crippen LogP contribution in [0.2, 0.25) is 0 Å². The monoisotopic (exact) mass is 219 g/mol. The van der Waals surface area contributed by atoms with Gasteiger partial charge in [-0.25, -0.2) is 0 Å². The van der Waals surface area contributed by atoms with Crippen molar-refractivity contribution in [2.45, 2.75) is 19.5 Å². The third-order valence-corrected chi connectivity index (χ3v) is 2.71. The number of rotatable bonds is 3. The summed E-state index contributed by atoms with van der Waals surface area (Å²) in [6.07, 6.45) is 7.62. The first-order valence-electron chi connectivity index (χ1n) is 5.38. The molecule has 2 rings (SSSR count). The smallest absolute Gasteiger partial charge is 0.247 e. The molecule has 5 heteroatoms. The molecule has 1 aromatic rings. The number of nitrogens with two attached hydrogens (primary N) is 1. The Balaban J connectivity index is 2.21. The van der Waals surface area contributed by atoms with Crippen LogP contribution in [-0.2, 0) is 0 Å². The van der Waals surface area contributed by atoms with E-state index in [9.17, 15) is 0 Å². The van der Waals surface area contributed by atoms with Crippen LogP contribution in [-0.4, -0.2) is 23.3 Å². The molecule has 0 aliphatic carbocycles. The van der Waals surface area contributed by atoms with Gasteiger partial charge in [0, 0.05) is 25.6 Å². The fourth-order valence-electron chi connectivity index (χ4n) is 1.81. The summed E-state index contributed by atoms with van der Waals surface area (Å²) in [6.45, 7) is 2.13. The van der Waals surface area contributed by atoms with Crippen molar-refractivity contribution in [3.8, 4) is 0 Å². The molecule has 1 atom stereocenters. The molecule has 0 saturated heterocycles. The summed E-state index contributed by atoms with van der Waals surface area (Å²) in [7, 11) is 1.84. The Kier molecular flexibility index (Phi) is 3.05. The SMILES string of the molecule is CCC(N1C=NN(C)[C]1N)[n+]1ccccc1. The molecular formula is C11H17N5+. The first kappa shape index (κ1) is 10.9. The maximum absolute atomic E-state index is 5.97. The number of aromatic nitrogens is 1. The van der Waals surface area contributed by atoms with Gasteiger partial charge in [0.1, 0.15) is 6.34 Å². The predicted octanol–water partition coefficient (Wildman–Crippen LogP) is 0.479. The average molecular weight is 219 g/mol. The first-order chi connectivity index (χ1) is 7.74. The number of pyridine rings is 1. The van der Waals surface area contributed by atoms with Crippen molar-refractivity contribution in [2.75, 3.05) is 7.05 Å². The van der Waals surface area contributed by atoms with Crippen LogP contribution < -0.4 is 10.3 Å². The number of hydrogen-bond acceptors (Lipinski definition) is 4. The lowest BCUT2D eigenvalue weighted by atomic mass is 10.3. The van der Waals surface area contributed by atoms with Crippen molar-refractivity contribution in [2.24, 2.45) is 10.8 Å². The van der Waals surface area contributed by atoms with Crippen LogP contribution in [0.15, 0.2) is 35.7 Å². The molecule has 0 saturated carbocycles. The van der Waals surface area contributed by atoms with Crippen LogP contribution in [0.25, 0.3) is 0 Å². The molecule has 85 valence electrons. The van der Waals surface area contributed by atoms with Crippen molar-refractivity contribution in [1.29, 1.82) is 0 Å². The summed E-state index contributed by atoms with van der Waals surface area (Å²) in [5, 5.41) is 5.82. The summed E-state index contributed by atoms with van der Waals surface area (Å²) in [5.41, 5.74) is 5.97. The van der Waals surface area contributed by atoms with Crippen LogP contribution in [0.3, 0.4) is 0 Å². The van der Waals surface area contributed by atoms with E-state index in [1.165, 1.54) is 0 Å². The Hall–Kier alpha value is -1.62. The average Bonchev–Trinajstić information content (AvgIpc) is 2.64. The maximum Gasteiger partial charge on any atom is 0.247 e. The van der Waals surface area contributed by atoms with Crippen LogP contribution in [0, 0.1) is 6.29 Å². The molecule has 1 aromatic heterocycles. The minimum absolute atomic E-state index is 0.176. The Bertz CT molecular complexity index is 364. The molecule has 1 unspecified atom stereocenters. The van der Waals surface area contributed by atoms with Crippen molar-refractivity contribution in [1.82, 2.24) is 9.91 Å². The maximum atomic E-state index is 5.97. The van der Waals surface area contributed by atoms with Gasteiger partial charge in [-0.1, -0.05) is 13.0 Å². The number of nitrogens with zero attached hydrogens (tertiary/aromatic N) is 4.